The summed E-state index contributed by atoms with van der Waals surface area (Å²) in [7, 11) is 1.74. The van der Waals surface area contributed by atoms with Gasteiger partial charge in [0, 0.05) is 7.05 Å². The summed E-state index contributed by atoms with van der Waals surface area (Å²) < 4.78 is 11.1. The topological polar surface area (TPSA) is 42.7 Å². The van der Waals surface area contributed by atoms with Gasteiger partial charge in [-0.1, -0.05) is 30.3 Å². The van der Waals surface area contributed by atoms with Crippen molar-refractivity contribution in [2.45, 2.75) is 13.5 Å². The minimum atomic E-state index is -0.0905. The predicted octanol–water partition coefficient (Wildman–Crippen LogP) is 3.78. The Morgan fingerprint density at radius 2 is 1.87 bits per heavy atom. The molecule has 0 saturated carbocycles. The van der Waals surface area contributed by atoms with Crippen LogP contribution in [0.4, 0.5) is 0 Å². The lowest BCUT2D eigenvalue weighted by Gasteiger charge is -2.16. The highest BCUT2D eigenvalue weighted by Crippen LogP contribution is 2.20. The molecule has 0 aliphatic heterocycles. The first-order valence-corrected chi connectivity index (χ1v) is 7.53. The van der Waals surface area contributed by atoms with E-state index in [9.17, 15) is 4.79 Å². The Bertz CT molecular complexity index is 822. The van der Waals surface area contributed by atoms with E-state index in [0.29, 0.717) is 12.3 Å². The number of carbonyl (C=O) groups excluding carboxylic acids is 1. The van der Waals surface area contributed by atoms with Crippen LogP contribution in [0.2, 0.25) is 0 Å². The zero-order chi connectivity index (χ0) is 16.2. The van der Waals surface area contributed by atoms with Gasteiger partial charge in [0.2, 0.25) is 0 Å². The summed E-state index contributed by atoms with van der Waals surface area (Å²) >= 11 is 0. The van der Waals surface area contributed by atoms with E-state index in [1.165, 1.54) is 0 Å². The maximum absolute atomic E-state index is 12.2. The van der Waals surface area contributed by atoms with E-state index in [1.54, 1.807) is 11.9 Å². The zero-order valence-corrected chi connectivity index (χ0v) is 13.3. The van der Waals surface area contributed by atoms with Gasteiger partial charge in [0.05, 0.1) is 6.54 Å². The van der Waals surface area contributed by atoms with Crippen LogP contribution >= 0.6 is 0 Å². The lowest BCUT2D eigenvalue weighted by atomic mass is 10.1. The second-order valence-electron chi connectivity index (χ2n) is 5.56. The maximum Gasteiger partial charge on any atom is 0.260 e. The lowest BCUT2D eigenvalue weighted by Crippen LogP contribution is -2.30. The van der Waals surface area contributed by atoms with Crippen LogP contribution in [0.1, 0.15) is 11.5 Å². The van der Waals surface area contributed by atoms with Crippen molar-refractivity contribution < 1.29 is 13.9 Å². The highest BCUT2D eigenvalue weighted by Gasteiger charge is 2.12. The summed E-state index contributed by atoms with van der Waals surface area (Å²) in [6.07, 6.45) is 0. The van der Waals surface area contributed by atoms with Crippen LogP contribution in [-0.4, -0.2) is 24.5 Å². The van der Waals surface area contributed by atoms with Crippen molar-refractivity contribution in [1.29, 1.82) is 0 Å². The molecule has 0 spiro atoms. The van der Waals surface area contributed by atoms with Crippen LogP contribution < -0.4 is 4.74 Å². The largest absolute Gasteiger partial charge is 0.484 e. The van der Waals surface area contributed by atoms with Crippen molar-refractivity contribution >= 4 is 16.7 Å². The van der Waals surface area contributed by atoms with E-state index >= 15 is 0 Å². The third-order valence-electron chi connectivity index (χ3n) is 3.70. The Balaban J connectivity index is 1.58. The molecule has 4 heteroatoms. The molecule has 0 saturated heterocycles. The highest BCUT2D eigenvalue weighted by atomic mass is 16.5. The Morgan fingerprint density at radius 3 is 2.61 bits per heavy atom. The SMILES string of the molecule is Cc1ccc(CN(C)C(=O)COc2ccc3ccccc3c2)o1. The molecule has 0 aliphatic rings. The first-order valence-electron chi connectivity index (χ1n) is 7.53. The summed E-state index contributed by atoms with van der Waals surface area (Å²) in [5, 5.41) is 2.24. The van der Waals surface area contributed by atoms with Gasteiger partial charge in [0.1, 0.15) is 17.3 Å². The lowest BCUT2D eigenvalue weighted by molar-refractivity contribution is -0.132. The Kier molecular flexibility index (Phi) is 4.33. The van der Waals surface area contributed by atoms with Crippen LogP contribution in [0.5, 0.6) is 5.75 Å². The first kappa shape index (κ1) is 15.2. The van der Waals surface area contributed by atoms with Gasteiger partial charge >= 0.3 is 0 Å². The summed E-state index contributed by atoms with van der Waals surface area (Å²) in [4.78, 5) is 13.7. The molecule has 0 atom stereocenters. The van der Waals surface area contributed by atoms with Crippen LogP contribution in [0, 0.1) is 6.92 Å². The Labute approximate surface area is 135 Å². The number of ether oxygens (including phenoxy) is 1. The van der Waals surface area contributed by atoms with Gasteiger partial charge in [0.15, 0.2) is 6.61 Å². The number of hydrogen-bond donors (Lipinski definition) is 0. The molecule has 1 heterocycles. The molecular formula is C19H19NO3. The molecule has 23 heavy (non-hydrogen) atoms. The number of aryl methyl sites for hydroxylation is 1. The van der Waals surface area contributed by atoms with E-state index in [4.69, 9.17) is 9.15 Å². The maximum atomic E-state index is 12.2. The third kappa shape index (κ3) is 3.72. The Hall–Kier alpha value is -2.75. The van der Waals surface area contributed by atoms with Crippen LogP contribution in [0.3, 0.4) is 0 Å². The smallest absolute Gasteiger partial charge is 0.260 e. The fourth-order valence-corrected chi connectivity index (χ4v) is 2.40. The number of hydrogen-bond acceptors (Lipinski definition) is 3. The number of amides is 1. The van der Waals surface area contributed by atoms with Crippen molar-refractivity contribution in [1.82, 2.24) is 4.90 Å². The molecule has 1 amide bonds. The summed E-state index contributed by atoms with van der Waals surface area (Å²) in [6, 6.07) is 17.6. The molecule has 118 valence electrons. The van der Waals surface area contributed by atoms with Gasteiger partial charge in [-0.2, -0.15) is 0 Å². The van der Waals surface area contributed by atoms with E-state index in [0.717, 1.165) is 22.3 Å². The van der Waals surface area contributed by atoms with E-state index in [1.807, 2.05) is 61.5 Å². The zero-order valence-electron chi connectivity index (χ0n) is 13.3. The first-order chi connectivity index (χ1) is 11.1. The fraction of sp³-hybridized carbons (Fsp3) is 0.211. The summed E-state index contributed by atoms with van der Waals surface area (Å²) in [5.74, 6) is 2.21. The number of benzene rings is 2. The molecule has 3 rings (SSSR count). The van der Waals surface area contributed by atoms with Crippen LogP contribution in [-0.2, 0) is 11.3 Å². The van der Waals surface area contributed by atoms with Gasteiger partial charge in [-0.05, 0) is 42.0 Å². The molecular weight excluding hydrogens is 290 g/mol. The second kappa shape index (κ2) is 6.57. The van der Waals surface area contributed by atoms with E-state index in [-0.39, 0.29) is 12.5 Å². The number of furan rings is 1. The molecule has 4 nitrogen and oxygen atoms in total. The average Bonchev–Trinajstić information content (AvgIpc) is 2.97. The molecule has 0 bridgehead atoms. The third-order valence-corrected chi connectivity index (χ3v) is 3.70. The minimum Gasteiger partial charge on any atom is -0.484 e. The highest BCUT2D eigenvalue weighted by molar-refractivity contribution is 5.84. The number of fused-ring (bicyclic) bond motifs is 1. The average molecular weight is 309 g/mol. The van der Waals surface area contributed by atoms with Gasteiger partial charge in [-0.25, -0.2) is 0 Å². The quantitative estimate of drug-likeness (QED) is 0.720. The molecule has 0 radical (unpaired) electrons. The monoisotopic (exact) mass is 309 g/mol. The molecule has 0 aliphatic carbocycles. The van der Waals surface area contributed by atoms with Gasteiger partial charge in [0.25, 0.3) is 5.91 Å². The van der Waals surface area contributed by atoms with Crippen LogP contribution in [0.25, 0.3) is 10.8 Å². The van der Waals surface area contributed by atoms with Crippen molar-refractivity contribution in [2.75, 3.05) is 13.7 Å². The van der Waals surface area contributed by atoms with E-state index < -0.39 is 0 Å². The molecule has 1 aromatic heterocycles. The van der Waals surface area contributed by atoms with Crippen molar-refractivity contribution in [3.63, 3.8) is 0 Å². The molecule has 2 aromatic carbocycles. The van der Waals surface area contributed by atoms with Crippen molar-refractivity contribution in [3.8, 4) is 5.75 Å². The normalized spacial score (nSPS) is 10.7. The summed E-state index contributed by atoms with van der Waals surface area (Å²) in [5.41, 5.74) is 0. The number of rotatable bonds is 5. The summed E-state index contributed by atoms with van der Waals surface area (Å²) in [6.45, 7) is 2.33. The molecule has 0 unspecified atom stereocenters. The van der Waals surface area contributed by atoms with Crippen molar-refractivity contribution in [3.05, 3.63) is 66.1 Å². The second-order valence-corrected chi connectivity index (χ2v) is 5.56. The fourth-order valence-electron chi connectivity index (χ4n) is 2.40. The Morgan fingerprint density at radius 1 is 1.09 bits per heavy atom. The number of likely N-dealkylation sites (N-methyl/N-ethyl adjacent to an activating group) is 1. The molecule has 0 fully saturated rings. The van der Waals surface area contributed by atoms with Crippen molar-refractivity contribution in [2.24, 2.45) is 0 Å². The van der Waals surface area contributed by atoms with Crippen LogP contribution in [0.15, 0.2) is 59.0 Å². The molecule has 3 aromatic rings. The molecule has 0 N–H and O–H groups in total. The van der Waals surface area contributed by atoms with Gasteiger partial charge in [-0.3, -0.25) is 4.79 Å². The number of carbonyl (C=O) groups is 1. The number of nitrogens with zero attached hydrogens (tertiary/aromatic N) is 1. The minimum absolute atomic E-state index is 0.00846. The van der Waals surface area contributed by atoms with Gasteiger partial charge in [-0.15, -0.1) is 0 Å². The van der Waals surface area contributed by atoms with E-state index in [2.05, 4.69) is 0 Å². The standard InChI is InChI=1S/C19H19NO3/c1-14-7-9-18(23-14)12-20(2)19(21)13-22-17-10-8-15-5-3-4-6-16(15)11-17/h3-11H,12-13H2,1-2H3. The predicted molar refractivity (Wildman–Crippen MR) is 89.4 cm³/mol. The van der Waals surface area contributed by atoms with Gasteiger partial charge < -0.3 is 14.1 Å².